The highest BCUT2D eigenvalue weighted by Crippen LogP contribution is 1.73. The molecule has 0 aliphatic carbocycles. The van der Waals surface area contributed by atoms with E-state index < -0.39 is 0 Å². The van der Waals surface area contributed by atoms with Gasteiger partial charge in [0.15, 0.2) is 0 Å². The van der Waals surface area contributed by atoms with Gasteiger partial charge in [0.05, 0.1) is 0 Å². The summed E-state index contributed by atoms with van der Waals surface area (Å²) in [4.78, 5) is 0. The molecule has 0 aromatic heterocycles. The molecule has 0 fully saturated rings. The minimum atomic E-state index is -0.0648. The Hall–Kier alpha value is -0.370. The van der Waals surface area contributed by atoms with Crippen LogP contribution in [0.2, 0.25) is 0 Å². The minimum Gasteiger partial charge on any atom is -0.323 e. The fourth-order valence-corrected chi connectivity index (χ4v) is 0. The van der Waals surface area contributed by atoms with Gasteiger partial charge in [-0.2, -0.15) is 0 Å². The van der Waals surface area contributed by atoms with E-state index in [4.69, 9.17) is 11.1 Å². The highest BCUT2D eigenvalue weighted by molar-refractivity contribution is 5.83. The Morgan fingerprint density at radius 3 is 2.00 bits per heavy atom. The quantitative estimate of drug-likeness (QED) is 0.445. The maximum atomic E-state index is 6.82. The molecule has 3 N–H and O–H groups in total. The van der Waals surface area contributed by atoms with Crippen molar-refractivity contribution < 1.29 is 0 Å². The lowest BCUT2D eigenvalue weighted by Crippen LogP contribution is -2.22. The second-order valence-corrected chi connectivity index (χ2v) is 1.47. The molecular weight excluding hydrogens is 76.1 g/mol. The molecule has 0 aromatic rings. The van der Waals surface area contributed by atoms with Crippen LogP contribution in [0.25, 0.3) is 0 Å². The Morgan fingerprint density at radius 1 is 1.83 bits per heavy atom. The van der Waals surface area contributed by atoms with E-state index >= 15 is 0 Å². The van der Waals surface area contributed by atoms with Crippen molar-refractivity contribution in [1.82, 2.24) is 0 Å². The minimum absolute atomic E-state index is 0.0648. The van der Waals surface area contributed by atoms with Crippen LogP contribution in [0.4, 0.5) is 0 Å². The van der Waals surface area contributed by atoms with Crippen molar-refractivity contribution in [3.63, 3.8) is 0 Å². The molecule has 0 rings (SSSR count). The zero-order chi connectivity index (χ0) is 5.15. The number of nitrogens with one attached hydrogen (secondary N) is 1. The van der Waals surface area contributed by atoms with Gasteiger partial charge in [0, 0.05) is 11.8 Å². The van der Waals surface area contributed by atoms with Gasteiger partial charge in [0.2, 0.25) is 0 Å². The first kappa shape index (κ1) is 5.63. The monoisotopic (exact) mass is 86.1 g/mol. The van der Waals surface area contributed by atoms with E-state index in [-0.39, 0.29) is 6.04 Å². The maximum absolute atomic E-state index is 6.82. The molecule has 0 aliphatic rings. The summed E-state index contributed by atoms with van der Waals surface area (Å²) in [7, 11) is 0. The third-order valence-corrected chi connectivity index (χ3v) is 0.683. The van der Waals surface area contributed by atoms with Crippen molar-refractivity contribution in [2.45, 2.75) is 19.9 Å². The van der Waals surface area contributed by atoms with Crippen molar-refractivity contribution in [3.05, 3.63) is 0 Å². The Morgan fingerprint density at radius 2 is 2.00 bits per heavy atom. The van der Waals surface area contributed by atoms with Gasteiger partial charge < -0.3 is 11.1 Å². The largest absolute Gasteiger partial charge is 0.323 e. The summed E-state index contributed by atoms with van der Waals surface area (Å²) in [6.07, 6.45) is 0. The van der Waals surface area contributed by atoms with E-state index in [2.05, 4.69) is 0 Å². The van der Waals surface area contributed by atoms with Crippen molar-refractivity contribution in [2.75, 3.05) is 0 Å². The van der Waals surface area contributed by atoms with E-state index in [1.807, 2.05) is 0 Å². The van der Waals surface area contributed by atoms with Gasteiger partial charge in [-0.1, -0.05) is 0 Å². The van der Waals surface area contributed by atoms with E-state index in [0.29, 0.717) is 5.71 Å². The zero-order valence-electron chi connectivity index (χ0n) is 4.15. The molecule has 36 valence electrons. The highest BCUT2D eigenvalue weighted by atomic mass is 14.6. The van der Waals surface area contributed by atoms with Crippen LogP contribution in [-0.4, -0.2) is 11.8 Å². The van der Waals surface area contributed by atoms with Crippen LogP contribution in [0.1, 0.15) is 13.8 Å². The molecule has 0 saturated heterocycles. The first-order valence-electron chi connectivity index (χ1n) is 1.95. The SMILES string of the molecule is CC(=N)C(C)N. The molecule has 2 nitrogen and oxygen atoms in total. The summed E-state index contributed by atoms with van der Waals surface area (Å²) in [5.41, 5.74) is 5.75. The lowest BCUT2D eigenvalue weighted by Gasteiger charge is -1.96. The second kappa shape index (κ2) is 1.92. The third kappa shape index (κ3) is 1.91. The smallest absolute Gasteiger partial charge is 0.0391 e. The van der Waals surface area contributed by atoms with Crippen LogP contribution in [0.3, 0.4) is 0 Å². The Kier molecular flexibility index (Phi) is 1.81. The van der Waals surface area contributed by atoms with Crippen LogP contribution in [-0.2, 0) is 0 Å². The maximum Gasteiger partial charge on any atom is 0.0391 e. The van der Waals surface area contributed by atoms with E-state index in [1.165, 1.54) is 0 Å². The van der Waals surface area contributed by atoms with Crippen LogP contribution >= 0.6 is 0 Å². The first-order valence-corrected chi connectivity index (χ1v) is 1.95. The Balaban J connectivity index is 3.26. The fraction of sp³-hybridized carbons (Fsp3) is 0.750. The molecular formula is C4H10N2. The van der Waals surface area contributed by atoms with Crippen LogP contribution < -0.4 is 5.73 Å². The van der Waals surface area contributed by atoms with Gasteiger partial charge in [-0.05, 0) is 13.8 Å². The second-order valence-electron chi connectivity index (χ2n) is 1.47. The average Bonchev–Trinajstić information content (AvgIpc) is 1.36. The lowest BCUT2D eigenvalue weighted by molar-refractivity contribution is 0.958. The molecule has 0 amide bonds. The van der Waals surface area contributed by atoms with Crippen LogP contribution in [0.15, 0.2) is 0 Å². The highest BCUT2D eigenvalue weighted by Gasteiger charge is 1.90. The molecule has 0 bridgehead atoms. The zero-order valence-corrected chi connectivity index (χ0v) is 4.15. The van der Waals surface area contributed by atoms with Crippen molar-refractivity contribution >= 4 is 5.71 Å². The third-order valence-electron chi connectivity index (χ3n) is 0.683. The summed E-state index contributed by atoms with van der Waals surface area (Å²) in [6, 6.07) is -0.0648. The van der Waals surface area contributed by atoms with Crippen LogP contribution in [0.5, 0.6) is 0 Å². The molecule has 2 heteroatoms. The number of rotatable bonds is 1. The number of hydrogen-bond acceptors (Lipinski definition) is 2. The molecule has 6 heavy (non-hydrogen) atoms. The molecule has 0 aromatic carbocycles. The summed E-state index contributed by atoms with van der Waals surface area (Å²) >= 11 is 0. The molecule has 0 radical (unpaired) electrons. The molecule has 0 aliphatic heterocycles. The van der Waals surface area contributed by atoms with Crippen molar-refractivity contribution in [1.29, 1.82) is 5.41 Å². The van der Waals surface area contributed by atoms with Gasteiger partial charge in [-0.25, -0.2) is 0 Å². The molecule has 1 atom stereocenters. The predicted molar refractivity (Wildman–Crippen MR) is 27.1 cm³/mol. The molecule has 1 unspecified atom stereocenters. The topological polar surface area (TPSA) is 49.9 Å². The summed E-state index contributed by atoms with van der Waals surface area (Å²) in [5, 5.41) is 6.82. The Labute approximate surface area is 37.9 Å². The number of hydrogen-bond donors (Lipinski definition) is 2. The lowest BCUT2D eigenvalue weighted by atomic mass is 10.2. The number of nitrogens with two attached hydrogens (primary N) is 1. The van der Waals surface area contributed by atoms with E-state index in [0.717, 1.165) is 0 Å². The van der Waals surface area contributed by atoms with E-state index in [1.54, 1.807) is 13.8 Å². The van der Waals surface area contributed by atoms with E-state index in [9.17, 15) is 0 Å². The average molecular weight is 86.1 g/mol. The van der Waals surface area contributed by atoms with Gasteiger partial charge in [-0.15, -0.1) is 0 Å². The van der Waals surface area contributed by atoms with Gasteiger partial charge >= 0.3 is 0 Å². The normalized spacial score (nSPS) is 13.8. The van der Waals surface area contributed by atoms with Crippen molar-refractivity contribution in [3.8, 4) is 0 Å². The van der Waals surface area contributed by atoms with Gasteiger partial charge in [0.1, 0.15) is 0 Å². The van der Waals surface area contributed by atoms with Gasteiger partial charge in [-0.3, -0.25) is 0 Å². The standard InChI is InChI=1S/C4H10N2/c1-3(5)4(2)6/h3,6H,5H2,1-2H3. The molecule has 0 saturated carbocycles. The van der Waals surface area contributed by atoms with Crippen LogP contribution in [0, 0.1) is 5.41 Å². The molecule has 0 heterocycles. The summed E-state index contributed by atoms with van der Waals surface area (Å²) in [5.74, 6) is 0. The predicted octanol–water partition coefficient (Wildman–Crippen LogP) is 0.373. The van der Waals surface area contributed by atoms with Gasteiger partial charge in [0.25, 0.3) is 0 Å². The fourth-order valence-electron chi connectivity index (χ4n) is 0. The summed E-state index contributed by atoms with van der Waals surface area (Å²) < 4.78 is 0. The summed E-state index contributed by atoms with van der Waals surface area (Å²) in [6.45, 7) is 3.49. The first-order chi connectivity index (χ1) is 2.64. The van der Waals surface area contributed by atoms with Crippen molar-refractivity contribution in [2.24, 2.45) is 5.73 Å². The molecule has 0 spiro atoms. The Bertz CT molecular complexity index is 56.6.